The summed E-state index contributed by atoms with van der Waals surface area (Å²) in [5.41, 5.74) is 1.44. The lowest BCUT2D eigenvalue weighted by atomic mass is 10.3. The van der Waals surface area contributed by atoms with E-state index in [2.05, 4.69) is 10.6 Å². The van der Waals surface area contributed by atoms with Gasteiger partial charge in [0.2, 0.25) is 0 Å². The fraction of sp³-hybridized carbons (Fsp3) is 0.133. The van der Waals surface area contributed by atoms with Gasteiger partial charge in [0.25, 0.3) is 0 Å². The Bertz CT molecular complexity index is 649. The molecule has 2 aromatic rings. The van der Waals surface area contributed by atoms with Crippen molar-refractivity contribution in [3.05, 3.63) is 52.5 Å². The molecule has 0 amide bonds. The van der Waals surface area contributed by atoms with Crippen molar-refractivity contribution >= 4 is 51.9 Å². The van der Waals surface area contributed by atoms with Crippen molar-refractivity contribution in [1.82, 2.24) is 0 Å². The third kappa shape index (κ3) is 4.49. The minimum absolute atomic E-state index is 0.409. The molecule has 0 saturated carbocycles. The van der Waals surface area contributed by atoms with Crippen LogP contribution < -0.4 is 15.4 Å². The normalized spacial score (nSPS) is 10.0. The highest BCUT2D eigenvalue weighted by Gasteiger charge is 2.07. The average molecular weight is 341 g/mol. The zero-order chi connectivity index (χ0) is 15.2. The Hall–Kier alpha value is -1.49. The van der Waals surface area contributed by atoms with Crippen LogP contribution in [0.15, 0.2) is 42.5 Å². The van der Waals surface area contributed by atoms with Gasteiger partial charge in [0.1, 0.15) is 5.75 Å². The van der Waals surface area contributed by atoms with E-state index in [9.17, 15) is 0 Å². The lowest BCUT2D eigenvalue weighted by Crippen LogP contribution is -2.19. The highest BCUT2D eigenvalue weighted by Crippen LogP contribution is 2.27. The Kier molecular flexibility index (Phi) is 5.67. The lowest BCUT2D eigenvalue weighted by Gasteiger charge is -2.14. The number of benzene rings is 2. The predicted octanol–water partition coefficient (Wildman–Crippen LogP) is 5.20. The van der Waals surface area contributed by atoms with Gasteiger partial charge in [0.05, 0.1) is 23.0 Å². The molecule has 2 rings (SSSR count). The smallest absolute Gasteiger partial charge is 0.175 e. The minimum Gasteiger partial charge on any atom is -0.492 e. The summed E-state index contributed by atoms with van der Waals surface area (Å²) in [4.78, 5) is 0. The molecule has 0 radical (unpaired) electrons. The van der Waals surface area contributed by atoms with Crippen LogP contribution in [0.25, 0.3) is 0 Å². The number of hydrogen-bond donors (Lipinski definition) is 2. The van der Waals surface area contributed by atoms with Crippen molar-refractivity contribution in [3.8, 4) is 5.75 Å². The average Bonchev–Trinajstić information content (AvgIpc) is 2.45. The molecule has 0 bridgehead atoms. The molecule has 0 atom stereocenters. The Morgan fingerprint density at radius 2 is 1.81 bits per heavy atom. The van der Waals surface area contributed by atoms with E-state index in [0.29, 0.717) is 27.5 Å². The van der Waals surface area contributed by atoms with Gasteiger partial charge in [-0.05, 0) is 49.5 Å². The van der Waals surface area contributed by atoms with E-state index < -0.39 is 0 Å². The van der Waals surface area contributed by atoms with Gasteiger partial charge in [-0.3, -0.25) is 0 Å². The Balaban J connectivity index is 2.10. The molecule has 0 spiro atoms. The van der Waals surface area contributed by atoms with E-state index in [1.807, 2.05) is 31.2 Å². The highest BCUT2D eigenvalue weighted by molar-refractivity contribution is 7.80. The molecule has 0 unspecified atom stereocenters. The molecule has 0 heterocycles. The first-order chi connectivity index (χ1) is 10.1. The minimum atomic E-state index is 0.409. The van der Waals surface area contributed by atoms with Gasteiger partial charge in [0.15, 0.2) is 5.11 Å². The number of anilines is 2. The molecule has 2 N–H and O–H groups in total. The number of para-hydroxylation sites is 2. The van der Waals surface area contributed by atoms with Crippen LogP contribution in [0.4, 0.5) is 11.4 Å². The van der Waals surface area contributed by atoms with Crippen LogP contribution in [-0.4, -0.2) is 11.7 Å². The van der Waals surface area contributed by atoms with Gasteiger partial charge in [-0.2, -0.15) is 0 Å². The highest BCUT2D eigenvalue weighted by atomic mass is 35.5. The molecule has 0 fully saturated rings. The third-order valence-electron chi connectivity index (χ3n) is 2.61. The topological polar surface area (TPSA) is 33.3 Å². The zero-order valence-corrected chi connectivity index (χ0v) is 13.6. The Labute approximate surface area is 139 Å². The van der Waals surface area contributed by atoms with Crippen molar-refractivity contribution in [2.24, 2.45) is 0 Å². The second kappa shape index (κ2) is 7.50. The number of rotatable bonds is 4. The van der Waals surface area contributed by atoms with Crippen molar-refractivity contribution in [1.29, 1.82) is 0 Å². The van der Waals surface area contributed by atoms with Crippen molar-refractivity contribution < 1.29 is 4.74 Å². The van der Waals surface area contributed by atoms with Crippen LogP contribution in [0.5, 0.6) is 5.75 Å². The maximum Gasteiger partial charge on any atom is 0.175 e. The number of nitrogens with one attached hydrogen (secondary N) is 2. The first-order valence-corrected chi connectivity index (χ1v) is 7.51. The van der Waals surface area contributed by atoms with E-state index in [1.54, 1.807) is 18.2 Å². The van der Waals surface area contributed by atoms with Gasteiger partial charge in [-0.25, -0.2) is 0 Å². The third-order valence-corrected chi connectivity index (χ3v) is 3.38. The summed E-state index contributed by atoms with van der Waals surface area (Å²) in [5.74, 6) is 0.737. The summed E-state index contributed by atoms with van der Waals surface area (Å²) in [6, 6.07) is 12.7. The lowest BCUT2D eigenvalue weighted by molar-refractivity contribution is 0.342. The molecular weight excluding hydrogens is 327 g/mol. The number of halogens is 2. The van der Waals surface area contributed by atoms with Crippen LogP contribution in [0.1, 0.15) is 6.92 Å². The summed E-state index contributed by atoms with van der Waals surface area (Å²) in [5, 5.41) is 7.64. The fourth-order valence-corrected chi connectivity index (χ4v) is 2.28. The standard InChI is InChI=1S/C15H14Cl2N2OS/c1-2-20-14-6-4-3-5-12(14)18-15(21)19-13-9-10(16)7-8-11(13)17/h3-9H,2H2,1H3,(H2,18,19,21). The van der Waals surface area contributed by atoms with Gasteiger partial charge >= 0.3 is 0 Å². The molecule has 0 aliphatic carbocycles. The van der Waals surface area contributed by atoms with E-state index in [0.717, 1.165) is 11.4 Å². The second-order valence-electron chi connectivity index (χ2n) is 4.13. The van der Waals surface area contributed by atoms with Gasteiger partial charge in [-0.15, -0.1) is 0 Å². The molecule has 0 aliphatic heterocycles. The number of ether oxygens (including phenoxy) is 1. The summed E-state index contributed by atoms with van der Waals surface area (Å²) in [6.45, 7) is 2.51. The molecule has 2 aromatic carbocycles. The molecule has 0 saturated heterocycles. The van der Waals surface area contributed by atoms with Gasteiger partial charge in [0, 0.05) is 5.02 Å². The van der Waals surface area contributed by atoms with E-state index in [-0.39, 0.29) is 0 Å². The van der Waals surface area contributed by atoms with E-state index >= 15 is 0 Å². The summed E-state index contributed by atoms with van der Waals surface area (Å²) < 4.78 is 5.53. The zero-order valence-electron chi connectivity index (χ0n) is 11.3. The maximum atomic E-state index is 6.09. The molecular formula is C15H14Cl2N2OS. The molecule has 110 valence electrons. The molecule has 0 aliphatic rings. The first-order valence-electron chi connectivity index (χ1n) is 6.35. The van der Waals surface area contributed by atoms with Gasteiger partial charge < -0.3 is 15.4 Å². The van der Waals surface area contributed by atoms with Gasteiger partial charge in [-0.1, -0.05) is 35.3 Å². The van der Waals surface area contributed by atoms with Crippen LogP contribution in [-0.2, 0) is 0 Å². The van der Waals surface area contributed by atoms with Crippen molar-refractivity contribution in [2.45, 2.75) is 6.92 Å². The summed E-state index contributed by atoms with van der Waals surface area (Å²) >= 11 is 17.3. The van der Waals surface area contributed by atoms with Crippen molar-refractivity contribution in [3.63, 3.8) is 0 Å². The first kappa shape index (κ1) is 15.9. The predicted molar refractivity (Wildman–Crippen MR) is 93.9 cm³/mol. The van der Waals surface area contributed by atoms with Crippen LogP contribution in [0.2, 0.25) is 10.0 Å². The van der Waals surface area contributed by atoms with E-state index in [1.165, 1.54) is 0 Å². The Morgan fingerprint density at radius 1 is 1.10 bits per heavy atom. The number of hydrogen-bond acceptors (Lipinski definition) is 2. The van der Waals surface area contributed by atoms with Crippen LogP contribution in [0, 0.1) is 0 Å². The quantitative estimate of drug-likeness (QED) is 0.749. The van der Waals surface area contributed by atoms with E-state index in [4.69, 9.17) is 40.2 Å². The summed E-state index contributed by atoms with van der Waals surface area (Å²) in [7, 11) is 0. The SMILES string of the molecule is CCOc1ccccc1NC(=S)Nc1cc(Cl)ccc1Cl. The van der Waals surface area contributed by atoms with Crippen LogP contribution in [0.3, 0.4) is 0 Å². The molecule has 0 aromatic heterocycles. The molecule has 21 heavy (non-hydrogen) atoms. The maximum absolute atomic E-state index is 6.09. The molecule has 3 nitrogen and oxygen atoms in total. The molecule has 6 heteroatoms. The second-order valence-corrected chi connectivity index (χ2v) is 5.38. The largest absolute Gasteiger partial charge is 0.492 e. The summed E-state index contributed by atoms with van der Waals surface area (Å²) in [6.07, 6.45) is 0. The Morgan fingerprint density at radius 3 is 2.57 bits per heavy atom. The monoisotopic (exact) mass is 340 g/mol. The van der Waals surface area contributed by atoms with Crippen LogP contribution >= 0.6 is 35.4 Å². The fourth-order valence-electron chi connectivity index (χ4n) is 1.72. The number of thiocarbonyl (C=S) groups is 1. The van der Waals surface area contributed by atoms with Crippen molar-refractivity contribution in [2.75, 3.05) is 17.2 Å².